The molecule has 0 saturated heterocycles. The van der Waals surface area contributed by atoms with Crippen molar-refractivity contribution in [3.8, 4) is 0 Å². The first-order valence-electron chi connectivity index (χ1n) is 5.85. The van der Waals surface area contributed by atoms with Crippen molar-refractivity contribution < 1.29 is 19.8 Å². The molecular weight excluding hydrogens is 262 g/mol. The molecule has 0 bridgehead atoms. The van der Waals surface area contributed by atoms with Crippen LogP contribution in [-0.4, -0.2) is 39.8 Å². The van der Waals surface area contributed by atoms with Gasteiger partial charge in [-0.15, -0.1) is 0 Å². The molecule has 7 nitrogen and oxygen atoms in total. The van der Waals surface area contributed by atoms with Crippen LogP contribution in [0.3, 0.4) is 0 Å². The molecule has 0 radical (unpaired) electrons. The van der Waals surface area contributed by atoms with Crippen molar-refractivity contribution in [2.75, 3.05) is 11.9 Å². The molecule has 0 aliphatic heterocycles. The smallest absolute Gasteiger partial charge is 0.328 e. The van der Waals surface area contributed by atoms with E-state index in [1.165, 1.54) is 0 Å². The number of rotatable bonds is 4. The number of hydrogen-bond acceptors (Lipinski definition) is 4. The molecule has 1 aromatic carbocycles. The number of fused-ring (bicyclic) bond motifs is 1. The highest BCUT2D eigenvalue weighted by Gasteiger charge is 2.18. The molecule has 1 heterocycles. The third-order valence-electron chi connectivity index (χ3n) is 2.72. The number of carbonyl (C=O) groups is 2. The van der Waals surface area contributed by atoms with Gasteiger partial charge >= 0.3 is 12.0 Å². The van der Waals surface area contributed by atoms with Gasteiger partial charge in [0.1, 0.15) is 0 Å². The normalized spacial score (nSPS) is 11.8. The third kappa shape index (κ3) is 3.01. The maximum absolute atomic E-state index is 11.7. The first-order chi connectivity index (χ1) is 9.61. The van der Waals surface area contributed by atoms with Gasteiger partial charge < -0.3 is 20.8 Å². The van der Waals surface area contributed by atoms with Gasteiger partial charge in [-0.1, -0.05) is 12.1 Å². The molecule has 2 amide bonds. The highest BCUT2D eigenvalue weighted by molar-refractivity contribution is 6.01. The quantitative estimate of drug-likeness (QED) is 0.659. The Hall–Kier alpha value is -2.67. The fourth-order valence-electron chi connectivity index (χ4n) is 1.72. The van der Waals surface area contributed by atoms with Gasteiger partial charge in [0.25, 0.3) is 0 Å². The highest BCUT2D eigenvalue weighted by atomic mass is 16.4. The maximum atomic E-state index is 11.7. The van der Waals surface area contributed by atoms with Gasteiger partial charge in [-0.05, 0) is 17.5 Å². The molecule has 4 N–H and O–H groups in total. The van der Waals surface area contributed by atoms with Gasteiger partial charge in [0.15, 0.2) is 6.04 Å². The molecule has 0 fully saturated rings. The Bertz CT molecular complexity index is 639. The van der Waals surface area contributed by atoms with E-state index in [9.17, 15) is 9.59 Å². The number of carbonyl (C=O) groups excluding carboxylic acids is 1. The number of aliphatic hydroxyl groups excluding tert-OH is 1. The summed E-state index contributed by atoms with van der Waals surface area (Å²) in [4.78, 5) is 26.4. The second-order valence-corrected chi connectivity index (χ2v) is 4.07. The number of urea groups is 1. The number of amides is 2. The Morgan fingerprint density at radius 3 is 2.80 bits per heavy atom. The van der Waals surface area contributed by atoms with E-state index < -0.39 is 24.6 Å². The van der Waals surface area contributed by atoms with E-state index in [-0.39, 0.29) is 0 Å². The average Bonchev–Trinajstić information content (AvgIpc) is 2.45. The Balaban J connectivity index is 2.16. The van der Waals surface area contributed by atoms with E-state index >= 15 is 0 Å². The van der Waals surface area contributed by atoms with E-state index in [1.54, 1.807) is 30.6 Å². The summed E-state index contributed by atoms with van der Waals surface area (Å²) in [6.45, 7) is -0.681. The van der Waals surface area contributed by atoms with Crippen LogP contribution >= 0.6 is 0 Å². The van der Waals surface area contributed by atoms with Gasteiger partial charge in [-0.25, -0.2) is 9.59 Å². The van der Waals surface area contributed by atoms with Crippen LogP contribution in [0.4, 0.5) is 10.5 Å². The minimum atomic E-state index is -1.34. The minimum Gasteiger partial charge on any atom is -0.480 e. The summed E-state index contributed by atoms with van der Waals surface area (Å²) >= 11 is 0. The number of nitrogens with one attached hydrogen (secondary N) is 2. The second kappa shape index (κ2) is 5.98. The Morgan fingerprint density at radius 1 is 1.30 bits per heavy atom. The molecule has 1 atom stereocenters. The molecule has 0 unspecified atom stereocenters. The lowest BCUT2D eigenvalue weighted by atomic mass is 10.1. The summed E-state index contributed by atoms with van der Waals surface area (Å²) in [6.07, 6.45) is 3.24. The predicted octanol–water partition coefficient (Wildman–Crippen LogP) is 0.802. The predicted molar refractivity (Wildman–Crippen MR) is 72.4 cm³/mol. The zero-order valence-corrected chi connectivity index (χ0v) is 10.4. The van der Waals surface area contributed by atoms with Crippen molar-refractivity contribution in [1.82, 2.24) is 10.3 Å². The van der Waals surface area contributed by atoms with Crippen LogP contribution in [0.2, 0.25) is 0 Å². The van der Waals surface area contributed by atoms with Gasteiger partial charge in [-0.3, -0.25) is 4.98 Å². The number of anilines is 1. The van der Waals surface area contributed by atoms with Crippen LogP contribution in [0.1, 0.15) is 0 Å². The molecule has 2 aromatic rings. The molecule has 7 heteroatoms. The first-order valence-corrected chi connectivity index (χ1v) is 5.85. The zero-order chi connectivity index (χ0) is 14.5. The molecule has 104 valence electrons. The first kappa shape index (κ1) is 13.8. The van der Waals surface area contributed by atoms with Crippen molar-refractivity contribution in [3.05, 3.63) is 36.7 Å². The van der Waals surface area contributed by atoms with E-state index in [0.29, 0.717) is 5.69 Å². The SMILES string of the molecule is O=C(Nc1cccc2ccncc12)N[C@H](CO)C(=O)O. The van der Waals surface area contributed by atoms with Crippen LogP contribution in [0, 0.1) is 0 Å². The Morgan fingerprint density at radius 2 is 2.10 bits per heavy atom. The monoisotopic (exact) mass is 275 g/mol. The molecule has 20 heavy (non-hydrogen) atoms. The lowest BCUT2D eigenvalue weighted by Crippen LogP contribution is -2.45. The van der Waals surface area contributed by atoms with Crippen LogP contribution in [0.25, 0.3) is 10.8 Å². The van der Waals surface area contributed by atoms with Crippen LogP contribution in [0.5, 0.6) is 0 Å². The van der Waals surface area contributed by atoms with E-state index in [4.69, 9.17) is 10.2 Å². The largest absolute Gasteiger partial charge is 0.480 e. The summed E-state index contributed by atoms with van der Waals surface area (Å²) in [6, 6.07) is 5.06. The van der Waals surface area contributed by atoms with Crippen molar-refractivity contribution in [2.45, 2.75) is 6.04 Å². The summed E-state index contributed by atoms with van der Waals surface area (Å²) in [7, 11) is 0. The van der Waals surface area contributed by atoms with Gasteiger partial charge in [0.05, 0.1) is 12.3 Å². The second-order valence-electron chi connectivity index (χ2n) is 4.07. The summed E-state index contributed by atoms with van der Waals surface area (Å²) in [5.41, 5.74) is 0.509. The van der Waals surface area contributed by atoms with Crippen molar-refractivity contribution >= 4 is 28.5 Å². The molecular formula is C13H13N3O4. The average molecular weight is 275 g/mol. The van der Waals surface area contributed by atoms with E-state index in [2.05, 4.69) is 15.6 Å². The molecule has 0 aliphatic carbocycles. The zero-order valence-electron chi connectivity index (χ0n) is 10.4. The number of pyridine rings is 1. The highest BCUT2D eigenvalue weighted by Crippen LogP contribution is 2.21. The number of carboxylic acid groups (broad SMARTS) is 1. The topological polar surface area (TPSA) is 112 Å². The molecule has 2 rings (SSSR count). The number of benzene rings is 1. The van der Waals surface area contributed by atoms with Crippen molar-refractivity contribution in [3.63, 3.8) is 0 Å². The molecule has 0 saturated carbocycles. The number of carboxylic acids is 1. The van der Waals surface area contributed by atoms with Crippen LogP contribution in [0.15, 0.2) is 36.7 Å². The number of aromatic nitrogens is 1. The van der Waals surface area contributed by atoms with Crippen molar-refractivity contribution in [1.29, 1.82) is 0 Å². The number of aliphatic carboxylic acids is 1. The molecule has 1 aromatic heterocycles. The van der Waals surface area contributed by atoms with Crippen LogP contribution in [-0.2, 0) is 4.79 Å². The summed E-state index contributed by atoms with van der Waals surface area (Å²) < 4.78 is 0. The lowest BCUT2D eigenvalue weighted by molar-refractivity contribution is -0.140. The maximum Gasteiger partial charge on any atom is 0.328 e. The van der Waals surface area contributed by atoms with Gasteiger partial charge in [0.2, 0.25) is 0 Å². The molecule has 0 spiro atoms. The number of hydrogen-bond donors (Lipinski definition) is 4. The molecule has 0 aliphatic rings. The lowest BCUT2D eigenvalue weighted by Gasteiger charge is -2.13. The van der Waals surface area contributed by atoms with E-state index in [1.807, 2.05) is 6.07 Å². The third-order valence-corrected chi connectivity index (χ3v) is 2.72. The Kier molecular flexibility index (Phi) is 4.11. The number of nitrogens with zero attached hydrogens (tertiary/aromatic N) is 1. The van der Waals surface area contributed by atoms with Crippen molar-refractivity contribution in [2.24, 2.45) is 0 Å². The van der Waals surface area contributed by atoms with Gasteiger partial charge in [-0.2, -0.15) is 0 Å². The van der Waals surface area contributed by atoms with Crippen LogP contribution < -0.4 is 10.6 Å². The van der Waals surface area contributed by atoms with E-state index in [0.717, 1.165) is 10.8 Å². The fourth-order valence-corrected chi connectivity index (χ4v) is 1.72. The summed E-state index contributed by atoms with van der Waals surface area (Å²) in [5.74, 6) is -1.30. The minimum absolute atomic E-state index is 0.509. The summed E-state index contributed by atoms with van der Waals surface area (Å²) in [5, 5.41) is 23.9. The standard InChI is InChI=1S/C13H13N3O4/c17-7-11(12(18)19)16-13(20)15-10-3-1-2-8-4-5-14-6-9(8)10/h1-6,11,17H,7H2,(H,18,19)(H2,15,16,20)/t11-/m1/s1. The van der Waals surface area contributed by atoms with Gasteiger partial charge in [0, 0.05) is 17.8 Å². The number of aliphatic hydroxyl groups is 1. The Labute approximate surface area is 114 Å². The fraction of sp³-hybridized carbons (Fsp3) is 0.154.